The Kier molecular flexibility index (Phi) is 4.56. The maximum absolute atomic E-state index is 13.0. The zero-order valence-corrected chi connectivity index (χ0v) is 14.9. The minimum Gasteiger partial charge on any atom is -0.455 e. The summed E-state index contributed by atoms with van der Waals surface area (Å²) >= 11 is 0. The summed E-state index contributed by atoms with van der Waals surface area (Å²) in [6.07, 6.45) is 4.73. The van der Waals surface area contributed by atoms with Gasteiger partial charge in [0.15, 0.2) is 11.5 Å². The summed E-state index contributed by atoms with van der Waals surface area (Å²) in [6.45, 7) is 6.68. The van der Waals surface area contributed by atoms with Crippen LogP contribution in [0.4, 0.5) is 0 Å². The van der Waals surface area contributed by atoms with Crippen molar-refractivity contribution < 1.29 is 19.1 Å². The van der Waals surface area contributed by atoms with Crippen molar-refractivity contribution in [3.05, 3.63) is 22.6 Å². The minimum absolute atomic E-state index is 0.0601. The smallest absolute Gasteiger partial charge is 0.290 e. The summed E-state index contributed by atoms with van der Waals surface area (Å²) < 4.78 is 5.91. The van der Waals surface area contributed by atoms with Gasteiger partial charge in [0, 0.05) is 37.6 Å². The molecule has 1 aromatic rings. The molecule has 3 rings (SSSR count). The van der Waals surface area contributed by atoms with Gasteiger partial charge in [-0.1, -0.05) is 13.8 Å². The second-order valence-corrected chi connectivity index (χ2v) is 7.96. The second-order valence-electron chi connectivity index (χ2n) is 7.96. The molecule has 1 saturated heterocycles. The number of ketones is 1. The molecule has 24 heavy (non-hydrogen) atoms. The van der Waals surface area contributed by atoms with E-state index in [0.29, 0.717) is 48.5 Å². The van der Waals surface area contributed by atoms with E-state index in [9.17, 15) is 14.7 Å². The molecular formula is C19H27NO4. The van der Waals surface area contributed by atoms with Crippen LogP contribution in [0.2, 0.25) is 0 Å². The van der Waals surface area contributed by atoms with Crippen LogP contribution < -0.4 is 0 Å². The van der Waals surface area contributed by atoms with Crippen LogP contribution in [0.5, 0.6) is 0 Å². The number of Topliss-reactive ketones (excluding diaryl/α,β-unsaturated/α-hetero) is 1. The van der Waals surface area contributed by atoms with Crippen molar-refractivity contribution in [2.24, 2.45) is 5.41 Å². The van der Waals surface area contributed by atoms with Gasteiger partial charge < -0.3 is 14.4 Å². The summed E-state index contributed by atoms with van der Waals surface area (Å²) in [4.78, 5) is 27.3. The van der Waals surface area contributed by atoms with E-state index >= 15 is 0 Å². The van der Waals surface area contributed by atoms with Crippen LogP contribution >= 0.6 is 0 Å². The quantitative estimate of drug-likeness (QED) is 0.922. The number of piperidine rings is 1. The third kappa shape index (κ3) is 3.02. The lowest BCUT2D eigenvalue weighted by atomic mass is 9.76. The predicted molar refractivity (Wildman–Crippen MR) is 90.3 cm³/mol. The van der Waals surface area contributed by atoms with Gasteiger partial charge in [-0.2, -0.15) is 0 Å². The molecule has 1 unspecified atom stereocenters. The number of fused-ring (bicyclic) bond motifs is 1. The molecule has 0 aromatic carbocycles. The minimum atomic E-state index is -0.134. The van der Waals surface area contributed by atoms with E-state index in [1.54, 1.807) is 0 Å². The molecule has 5 nitrogen and oxygen atoms in total. The first-order valence-corrected chi connectivity index (χ1v) is 8.91. The van der Waals surface area contributed by atoms with Crippen LogP contribution in [0.25, 0.3) is 0 Å². The molecule has 5 heteroatoms. The highest BCUT2D eigenvalue weighted by molar-refractivity contribution is 6.03. The van der Waals surface area contributed by atoms with Crippen LogP contribution in [0.3, 0.4) is 0 Å². The summed E-state index contributed by atoms with van der Waals surface area (Å²) in [6, 6.07) is 0.0601. The maximum Gasteiger partial charge on any atom is 0.290 e. The Bertz CT molecular complexity index is 657. The van der Waals surface area contributed by atoms with Gasteiger partial charge in [0.2, 0.25) is 0 Å². The molecule has 1 atom stereocenters. The number of hydrogen-bond donors (Lipinski definition) is 1. The van der Waals surface area contributed by atoms with Crippen LogP contribution in [0.1, 0.15) is 78.2 Å². The Balaban J connectivity index is 1.92. The number of furan rings is 1. The van der Waals surface area contributed by atoms with Crippen molar-refractivity contribution in [2.75, 3.05) is 13.2 Å². The third-order valence-corrected chi connectivity index (χ3v) is 5.32. The van der Waals surface area contributed by atoms with Gasteiger partial charge in [-0.3, -0.25) is 9.59 Å². The molecule has 0 spiro atoms. The number of likely N-dealkylation sites (tertiary alicyclic amines) is 1. The number of aliphatic hydroxyl groups is 1. The zero-order chi connectivity index (χ0) is 17.5. The monoisotopic (exact) mass is 333 g/mol. The normalized spacial score (nSPS) is 23.2. The van der Waals surface area contributed by atoms with Gasteiger partial charge >= 0.3 is 0 Å². The average Bonchev–Trinajstić information content (AvgIpc) is 2.83. The highest BCUT2D eigenvalue weighted by Crippen LogP contribution is 2.39. The van der Waals surface area contributed by atoms with E-state index in [2.05, 4.69) is 13.8 Å². The van der Waals surface area contributed by atoms with Crippen molar-refractivity contribution in [1.82, 2.24) is 4.90 Å². The maximum atomic E-state index is 13.0. The van der Waals surface area contributed by atoms with Crippen molar-refractivity contribution in [3.8, 4) is 0 Å². The molecule has 0 saturated carbocycles. The molecule has 1 amide bonds. The van der Waals surface area contributed by atoms with E-state index in [0.717, 1.165) is 19.3 Å². The topological polar surface area (TPSA) is 70.8 Å². The van der Waals surface area contributed by atoms with Gasteiger partial charge in [-0.05, 0) is 38.0 Å². The fourth-order valence-electron chi connectivity index (χ4n) is 4.13. The van der Waals surface area contributed by atoms with Crippen LogP contribution in [-0.4, -0.2) is 40.9 Å². The largest absolute Gasteiger partial charge is 0.455 e. The molecule has 1 N–H and O–H groups in total. The van der Waals surface area contributed by atoms with Crippen molar-refractivity contribution in [3.63, 3.8) is 0 Å². The van der Waals surface area contributed by atoms with Gasteiger partial charge in [0.05, 0.1) is 5.56 Å². The summed E-state index contributed by atoms with van der Waals surface area (Å²) in [7, 11) is 0. The third-order valence-electron chi connectivity index (χ3n) is 5.32. The average molecular weight is 333 g/mol. The highest BCUT2D eigenvalue weighted by Gasteiger charge is 2.38. The number of carbonyl (C=O) groups excluding carboxylic acids is 2. The molecule has 2 heterocycles. The van der Waals surface area contributed by atoms with E-state index in [1.807, 2.05) is 11.8 Å². The zero-order valence-electron chi connectivity index (χ0n) is 14.9. The lowest BCUT2D eigenvalue weighted by molar-refractivity contribution is 0.0538. The van der Waals surface area contributed by atoms with E-state index in [1.165, 1.54) is 0 Å². The molecular weight excluding hydrogens is 306 g/mol. The van der Waals surface area contributed by atoms with Gasteiger partial charge in [-0.25, -0.2) is 0 Å². The van der Waals surface area contributed by atoms with Crippen molar-refractivity contribution in [1.29, 1.82) is 0 Å². The predicted octanol–water partition coefficient (Wildman–Crippen LogP) is 3.12. The first-order valence-electron chi connectivity index (χ1n) is 8.91. The van der Waals surface area contributed by atoms with Gasteiger partial charge in [0.1, 0.15) is 5.76 Å². The van der Waals surface area contributed by atoms with E-state index in [4.69, 9.17) is 4.42 Å². The fourth-order valence-corrected chi connectivity index (χ4v) is 4.13. The Morgan fingerprint density at radius 1 is 1.33 bits per heavy atom. The Morgan fingerprint density at radius 2 is 2.08 bits per heavy atom. The van der Waals surface area contributed by atoms with Crippen LogP contribution in [0.15, 0.2) is 4.42 Å². The molecule has 1 aromatic heterocycles. The standard InChI is InChI=1S/C19H27NO4/c1-12-16-14(22)10-19(2,3)11-15(16)24-17(12)18(23)20-8-5-4-6-13(20)7-9-21/h13,21H,4-11H2,1-3H3. The van der Waals surface area contributed by atoms with E-state index < -0.39 is 0 Å². The molecule has 2 aliphatic rings. The Morgan fingerprint density at radius 3 is 2.79 bits per heavy atom. The van der Waals surface area contributed by atoms with Crippen LogP contribution in [-0.2, 0) is 6.42 Å². The molecule has 0 radical (unpaired) electrons. The molecule has 1 aliphatic heterocycles. The molecule has 0 bridgehead atoms. The Hall–Kier alpha value is -1.62. The summed E-state index contributed by atoms with van der Waals surface area (Å²) in [5.74, 6) is 0.918. The summed E-state index contributed by atoms with van der Waals surface area (Å²) in [5, 5.41) is 9.26. The lowest BCUT2D eigenvalue weighted by Gasteiger charge is -2.35. The lowest BCUT2D eigenvalue weighted by Crippen LogP contribution is -2.44. The van der Waals surface area contributed by atoms with Crippen molar-refractivity contribution in [2.45, 2.75) is 65.3 Å². The number of nitrogens with zero attached hydrogens (tertiary/aromatic N) is 1. The second kappa shape index (κ2) is 6.36. The first kappa shape index (κ1) is 17.2. The number of rotatable bonds is 3. The number of aliphatic hydroxyl groups excluding tert-OH is 1. The van der Waals surface area contributed by atoms with Crippen LogP contribution in [0, 0.1) is 12.3 Å². The number of hydrogen-bond acceptors (Lipinski definition) is 4. The van der Waals surface area contributed by atoms with Gasteiger partial charge in [0.25, 0.3) is 5.91 Å². The van der Waals surface area contributed by atoms with Gasteiger partial charge in [-0.15, -0.1) is 0 Å². The molecule has 1 aliphatic carbocycles. The highest BCUT2D eigenvalue weighted by atomic mass is 16.4. The van der Waals surface area contributed by atoms with Crippen molar-refractivity contribution >= 4 is 11.7 Å². The first-order chi connectivity index (χ1) is 11.3. The number of carbonyl (C=O) groups is 2. The fraction of sp³-hybridized carbons (Fsp3) is 0.684. The molecule has 132 valence electrons. The van der Waals surface area contributed by atoms with E-state index in [-0.39, 0.29) is 29.8 Å². The number of amides is 1. The molecule has 1 fully saturated rings. The Labute approximate surface area is 143 Å². The summed E-state index contributed by atoms with van der Waals surface area (Å²) in [5.41, 5.74) is 1.18. The SMILES string of the molecule is Cc1c(C(=O)N2CCCCC2CCO)oc2c1C(=O)CC(C)(C)C2.